The molecule has 4 nitrogen and oxygen atoms in total. The van der Waals surface area contributed by atoms with Crippen LogP contribution >= 0.6 is 0 Å². The largest absolute Gasteiger partial charge is 0.481 e. The van der Waals surface area contributed by atoms with Gasteiger partial charge in [0.2, 0.25) is 0 Å². The number of aryl methyl sites for hydroxylation is 1. The van der Waals surface area contributed by atoms with Crippen molar-refractivity contribution in [3.05, 3.63) is 35.1 Å². The van der Waals surface area contributed by atoms with Crippen LogP contribution in [0, 0.1) is 12.7 Å². The minimum atomic E-state index is -0.843. The summed E-state index contributed by atoms with van der Waals surface area (Å²) in [6.45, 7) is 4.49. The lowest BCUT2D eigenvalue weighted by Crippen LogP contribution is -2.42. The molecule has 0 spiro atoms. The zero-order valence-corrected chi connectivity index (χ0v) is 10.9. The van der Waals surface area contributed by atoms with Crippen LogP contribution in [-0.4, -0.2) is 41.8 Å². The summed E-state index contributed by atoms with van der Waals surface area (Å²) in [6, 6.07) is 4.76. The van der Waals surface area contributed by atoms with Crippen LogP contribution in [0.15, 0.2) is 18.2 Å². The minimum absolute atomic E-state index is 0.0267. The summed E-state index contributed by atoms with van der Waals surface area (Å²) in [4.78, 5) is 12.8. The van der Waals surface area contributed by atoms with E-state index in [1.54, 1.807) is 6.07 Å². The molecule has 2 rings (SSSR count). The molecule has 1 aliphatic rings. The monoisotopic (exact) mass is 267 g/mol. The van der Waals surface area contributed by atoms with Gasteiger partial charge in [-0.15, -0.1) is 0 Å². The number of ether oxygens (including phenoxy) is 1. The molecule has 1 N–H and O–H groups in total. The molecule has 19 heavy (non-hydrogen) atoms. The average Bonchev–Trinajstić information content (AvgIpc) is 2.32. The van der Waals surface area contributed by atoms with Crippen LogP contribution in [0.1, 0.15) is 17.5 Å². The lowest BCUT2D eigenvalue weighted by molar-refractivity contribution is -0.142. The third-order valence-electron chi connectivity index (χ3n) is 3.32. The second kappa shape index (κ2) is 6.12. The lowest BCUT2D eigenvalue weighted by atomic mass is 10.1. The fraction of sp³-hybridized carbons (Fsp3) is 0.500. The lowest BCUT2D eigenvalue weighted by Gasteiger charge is -2.32. The maximum Gasteiger partial charge on any atom is 0.306 e. The predicted octanol–water partition coefficient (Wildman–Crippen LogP) is 1.81. The summed E-state index contributed by atoms with van der Waals surface area (Å²) in [5.74, 6) is -1.07. The highest BCUT2D eigenvalue weighted by Crippen LogP contribution is 2.16. The Morgan fingerprint density at radius 1 is 1.58 bits per heavy atom. The second-order valence-corrected chi connectivity index (χ2v) is 4.90. The molecule has 0 saturated carbocycles. The first kappa shape index (κ1) is 14.0. The number of morpholine rings is 1. The molecule has 1 fully saturated rings. The summed E-state index contributed by atoms with van der Waals surface area (Å²) >= 11 is 0. The van der Waals surface area contributed by atoms with Gasteiger partial charge in [-0.3, -0.25) is 9.69 Å². The molecule has 1 aliphatic heterocycles. The van der Waals surface area contributed by atoms with Crippen LogP contribution < -0.4 is 0 Å². The molecular formula is C14H18FNO3. The van der Waals surface area contributed by atoms with E-state index in [1.807, 2.05) is 6.92 Å². The van der Waals surface area contributed by atoms with Gasteiger partial charge in [-0.1, -0.05) is 6.07 Å². The number of hydrogen-bond donors (Lipinski definition) is 1. The molecule has 1 unspecified atom stereocenters. The van der Waals surface area contributed by atoms with Gasteiger partial charge in [-0.2, -0.15) is 0 Å². The van der Waals surface area contributed by atoms with Gasteiger partial charge in [-0.05, 0) is 30.2 Å². The van der Waals surface area contributed by atoms with E-state index < -0.39 is 5.97 Å². The molecule has 104 valence electrons. The van der Waals surface area contributed by atoms with Gasteiger partial charge < -0.3 is 9.84 Å². The molecule has 0 bridgehead atoms. The molecule has 0 amide bonds. The Morgan fingerprint density at radius 3 is 3.05 bits per heavy atom. The van der Waals surface area contributed by atoms with Crippen molar-refractivity contribution in [3.63, 3.8) is 0 Å². The van der Waals surface area contributed by atoms with Crippen molar-refractivity contribution in [1.82, 2.24) is 4.90 Å². The van der Waals surface area contributed by atoms with E-state index in [0.717, 1.165) is 17.7 Å². The summed E-state index contributed by atoms with van der Waals surface area (Å²) in [5, 5.41) is 8.78. The topological polar surface area (TPSA) is 49.8 Å². The van der Waals surface area contributed by atoms with Crippen molar-refractivity contribution in [2.45, 2.75) is 26.0 Å². The number of carboxylic acids is 1. The van der Waals surface area contributed by atoms with Crippen LogP contribution in [0.3, 0.4) is 0 Å². The average molecular weight is 267 g/mol. The number of rotatable bonds is 4. The van der Waals surface area contributed by atoms with Gasteiger partial charge in [0.05, 0.1) is 19.1 Å². The van der Waals surface area contributed by atoms with Gasteiger partial charge >= 0.3 is 5.97 Å². The van der Waals surface area contributed by atoms with Crippen LogP contribution in [-0.2, 0) is 16.1 Å². The first-order chi connectivity index (χ1) is 9.04. The van der Waals surface area contributed by atoms with Crippen LogP contribution in [0.5, 0.6) is 0 Å². The number of carbonyl (C=O) groups is 1. The molecular weight excluding hydrogens is 249 g/mol. The molecule has 1 atom stereocenters. The van der Waals surface area contributed by atoms with E-state index in [-0.39, 0.29) is 18.3 Å². The Morgan fingerprint density at radius 2 is 2.37 bits per heavy atom. The molecule has 0 aromatic heterocycles. The molecule has 1 aromatic carbocycles. The second-order valence-electron chi connectivity index (χ2n) is 4.90. The number of aliphatic carboxylic acids is 1. The Bertz CT molecular complexity index is 464. The molecule has 1 heterocycles. The predicted molar refractivity (Wildman–Crippen MR) is 68.4 cm³/mol. The van der Waals surface area contributed by atoms with Gasteiger partial charge in [-0.25, -0.2) is 4.39 Å². The van der Waals surface area contributed by atoms with E-state index in [4.69, 9.17) is 9.84 Å². The van der Waals surface area contributed by atoms with Crippen LogP contribution in [0.4, 0.5) is 4.39 Å². The van der Waals surface area contributed by atoms with E-state index in [0.29, 0.717) is 19.7 Å². The molecule has 0 aliphatic carbocycles. The van der Waals surface area contributed by atoms with Crippen molar-refractivity contribution in [2.24, 2.45) is 0 Å². The Labute approximate surface area is 111 Å². The zero-order chi connectivity index (χ0) is 13.8. The third kappa shape index (κ3) is 4.01. The van der Waals surface area contributed by atoms with Gasteiger partial charge in [0.25, 0.3) is 0 Å². The summed E-state index contributed by atoms with van der Waals surface area (Å²) in [7, 11) is 0. The molecule has 1 aromatic rings. The van der Waals surface area contributed by atoms with Crippen molar-refractivity contribution < 1.29 is 19.0 Å². The maximum atomic E-state index is 13.0. The minimum Gasteiger partial charge on any atom is -0.481 e. The SMILES string of the molecule is Cc1cc(F)ccc1CN1CCOC(CC(=O)O)C1. The highest BCUT2D eigenvalue weighted by Gasteiger charge is 2.22. The van der Waals surface area contributed by atoms with Crippen LogP contribution in [0.2, 0.25) is 0 Å². The third-order valence-corrected chi connectivity index (χ3v) is 3.32. The van der Waals surface area contributed by atoms with Crippen LogP contribution in [0.25, 0.3) is 0 Å². The fourth-order valence-electron chi connectivity index (χ4n) is 2.32. The summed E-state index contributed by atoms with van der Waals surface area (Å²) < 4.78 is 18.5. The molecule has 1 saturated heterocycles. The van der Waals surface area contributed by atoms with Crippen molar-refractivity contribution in [2.75, 3.05) is 19.7 Å². The van der Waals surface area contributed by atoms with E-state index >= 15 is 0 Å². The number of carboxylic acid groups (broad SMARTS) is 1. The number of benzene rings is 1. The first-order valence-corrected chi connectivity index (χ1v) is 6.35. The number of halogens is 1. The van der Waals surface area contributed by atoms with E-state index in [9.17, 15) is 9.18 Å². The maximum absolute atomic E-state index is 13.0. The van der Waals surface area contributed by atoms with Gasteiger partial charge in [0.15, 0.2) is 0 Å². The summed E-state index contributed by atoms with van der Waals surface area (Å²) in [6.07, 6.45) is -0.231. The highest BCUT2D eigenvalue weighted by molar-refractivity contribution is 5.67. The fourth-order valence-corrected chi connectivity index (χ4v) is 2.32. The smallest absolute Gasteiger partial charge is 0.306 e. The van der Waals surface area contributed by atoms with E-state index in [2.05, 4.69) is 4.90 Å². The highest BCUT2D eigenvalue weighted by atomic mass is 19.1. The summed E-state index contributed by atoms with van der Waals surface area (Å²) in [5.41, 5.74) is 1.98. The standard InChI is InChI=1S/C14H18FNO3/c1-10-6-12(15)3-2-11(10)8-16-4-5-19-13(9-16)7-14(17)18/h2-3,6,13H,4-5,7-9H2,1H3,(H,17,18). The molecule has 5 heteroatoms. The first-order valence-electron chi connectivity index (χ1n) is 6.35. The zero-order valence-electron chi connectivity index (χ0n) is 10.9. The Hall–Kier alpha value is -1.46. The molecule has 0 radical (unpaired) electrons. The van der Waals surface area contributed by atoms with Gasteiger partial charge in [0.1, 0.15) is 5.82 Å². The number of hydrogen-bond acceptors (Lipinski definition) is 3. The van der Waals surface area contributed by atoms with Gasteiger partial charge in [0, 0.05) is 19.6 Å². The Kier molecular flexibility index (Phi) is 4.50. The van der Waals surface area contributed by atoms with E-state index in [1.165, 1.54) is 12.1 Å². The normalized spacial score (nSPS) is 20.4. The number of nitrogens with zero attached hydrogens (tertiary/aromatic N) is 1. The van der Waals surface area contributed by atoms with Crippen molar-refractivity contribution >= 4 is 5.97 Å². The van der Waals surface area contributed by atoms with Crippen molar-refractivity contribution in [1.29, 1.82) is 0 Å². The quantitative estimate of drug-likeness (QED) is 0.904. The van der Waals surface area contributed by atoms with Crippen molar-refractivity contribution in [3.8, 4) is 0 Å². The Balaban J connectivity index is 1.96.